The Morgan fingerprint density at radius 2 is 2.08 bits per heavy atom. The number of hydrogen-bond donors (Lipinski definition) is 1. The first-order chi connectivity index (χ1) is 6.09. The summed E-state index contributed by atoms with van der Waals surface area (Å²) >= 11 is 1.71. The maximum Gasteiger partial charge on any atom is 0.0606 e. The molecule has 0 radical (unpaired) electrons. The first-order valence-electron chi connectivity index (χ1n) is 4.47. The summed E-state index contributed by atoms with van der Waals surface area (Å²) in [4.78, 5) is 1.27. The quantitative estimate of drug-likeness (QED) is 0.750. The molecular weight excluding hydrogens is 180 g/mol. The molecule has 1 atom stereocenters. The summed E-state index contributed by atoms with van der Waals surface area (Å²) in [6, 6.07) is 6.40. The second kappa shape index (κ2) is 4.68. The van der Waals surface area contributed by atoms with E-state index in [1.165, 1.54) is 16.0 Å². The third-order valence-electron chi connectivity index (χ3n) is 1.81. The summed E-state index contributed by atoms with van der Waals surface area (Å²) in [6.45, 7) is 6.02. The highest BCUT2D eigenvalue weighted by Gasteiger charge is 2.01. The molecule has 1 nitrogen and oxygen atoms in total. The second-order valence-electron chi connectivity index (χ2n) is 3.43. The predicted octanol–water partition coefficient (Wildman–Crippen LogP) is 2.78. The molecule has 0 aliphatic rings. The fourth-order valence-corrected chi connectivity index (χ4v) is 2.04. The SMILES string of the molecule is Cc1ccc(SCC(C)O)c(C)c1. The second-order valence-corrected chi connectivity index (χ2v) is 4.49. The van der Waals surface area contributed by atoms with Gasteiger partial charge in [-0.2, -0.15) is 0 Å². The molecule has 1 N–H and O–H groups in total. The zero-order valence-corrected chi connectivity index (χ0v) is 9.19. The molecule has 0 saturated heterocycles. The fraction of sp³-hybridized carbons (Fsp3) is 0.455. The minimum Gasteiger partial charge on any atom is -0.393 e. The number of benzene rings is 1. The van der Waals surface area contributed by atoms with Crippen molar-refractivity contribution in [2.45, 2.75) is 31.8 Å². The van der Waals surface area contributed by atoms with Crippen LogP contribution in [-0.4, -0.2) is 17.0 Å². The minimum atomic E-state index is -0.231. The highest BCUT2D eigenvalue weighted by atomic mass is 32.2. The molecule has 0 saturated carbocycles. The predicted molar refractivity (Wildman–Crippen MR) is 58.3 cm³/mol. The number of aliphatic hydroxyl groups excluding tert-OH is 1. The van der Waals surface area contributed by atoms with Crippen LogP contribution in [0.2, 0.25) is 0 Å². The van der Waals surface area contributed by atoms with Crippen molar-refractivity contribution in [3.8, 4) is 0 Å². The van der Waals surface area contributed by atoms with Gasteiger partial charge >= 0.3 is 0 Å². The van der Waals surface area contributed by atoms with Gasteiger partial charge < -0.3 is 5.11 Å². The van der Waals surface area contributed by atoms with E-state index in [1.54, 1.807) is 11.8 Å². The van der Waals surface area contributed by atoms with Crippen LogP contribution in [0.25, 0.3) is 0 Å². The largest absolute Gasteiger partial charge is 0.393 e. The van der Waals surface area contributed by atoms with Crippen molar-refractivity contribution >= 4 is 11.8 Å². The lowest BCUT2D eigenvalue weighted by Crippen LogP contribution is -2.02. The lowest BCUT2D eigenvalue weighted by Gasteiger charge is -2.07. The van der Waals surface area contributed by atoms with Gasteiger partial charge in [-0.05, 0) is 32.4 Å². The molecule has 0 aliphatic carbocycles. The van der Waals surface area contributed by atoms with Crippen LogP contribution in [0.1, 0.15) is 18.1 Å². The van der Waals surface area contributed by atoms with E-state index in [1.807, 2.05) is 6.92 Å². The molecule has 1 aromatic carbocycles. The smallest absolute Gasteiger partial charge is 0.0606 e. The van der Waals surface area contributed by atoms with Crippen molar-refractivity contribution in [2.75, 3.05) is 5.75 Å². The van der Waals surface area contributed by atoms with Crippen molar-refractivity contribution in [1.29, 1.82) is 0 Å². The first-order valence-corrected chi connectivity index (χ1v) is 5.46. The maximum absolute atomic E-state index is 9.14. The van der Waals surface area contributed by atoms with Crippen molar-refractivity contribution < 1.29 is 5.11 Å². The Labute approximate surface area is 84.2 Å². The highest BCUT2D eigenvalue weighted by Crippen LogP contribution is 2.23. The van der Waals surface area contributed by atoms with Crippen LogP contribution in [0.3, 0.4) is 0 Å². The summed E-state index contributed by atoms with van der Waals surface area (Å²) in [5.41, 5.74) is 2.59. The number of aryl methyl sites for hydroxylation is 2. The Hall–Kier alpha value is -0.470. The number of rotatable bonds is 3. The van der Waals surface area contributed by atoms with Gasteiger partial charge in [0.2, 0.25) is 0 Å². The van der Waals surface area contributed by atoms with Crippen LogP contribution in [0.4, 0.5) is 0 Å². The summed E-state index contributed by atoms with van der Waals surface area (Å²) in [5, 5.41) is 9.14. The monoisotopic (exact) mass is 196 g/mol. The summed E-state index contributed by atoms with van der Waals surface area (Å²) < 4.78 is 0. The number of thioether (sulfide) groups is 1. The summed E-state index contributed by atoms with van der Waals surface area (Å²) in [5.74, 6) is 0.768. The normalized spacial score (nSPS) is 12.9. The Balaban J connectivity index is 2.67. The van der Waals surface area contributed by atoms with Crippen molar-refractivity contribution in [2.24, 2.45) is 0 Å². The van der Waals surface area contributed by atoms with Crippen molar-refractivity contribution in [3.63, 3.8) is 0 Å². The molecule has 0 fully saturated rings. The van der Waals surface area contributed by atoms with E-state index < -0.39 is 0 Å². The van der Waals surface area contributed by atoms with Gasteiger partial charge in [0, 0.05) is 10.6 Å². The topological polar surface area (TPSA) is 20.2 Å². The van der Waals surface area contributed by atoms with E-state index in [4.69, 9.17) is 5.11 Å². The maximum atomic E-state index is 9.14. The van der Waals surface area contributed by atoms with E-state index in [-0.39, 0.29) is 6.10 Å². The van der Waals surface area contributed by atoms with Gasteiger partial charge in [-0.3, -0.25) is 0 Å². The van der Waals surface area contributed by atoms with Crippen LogP contribution in [0, 0.1) is 13.8 Å². The summed E-state index contributed by atoms with van der Waals surface area (Å²) in [6.07, 6.45) is -0.231. The van der Waals surface area contributed by atoms with Gasteiger partial charge in [0.05, 0.1) is 6.10 Å². The van der Waals surface area contributed by atoms with Crippen molar-refractivity contribution in [3.05, 3.63) is 29.3 Å². The van der Waals surface area contributed by atoms with Crippen LogP contribution in [0.5, 0.6) is 0 Å². The van der Waals surface area contributed by atoms with Crippen molar-refractivity contribution in [1.82, 2.24) is 0 Å². The minimum absolute atomic E-state index is 0.231. The average Bonchev–Trinajstić information content (AvgIpc) is 2.02. The lowest BCUT2D eigenvalue weighted by molar-refractivity contribution is 0.220. The zero-order chi connectivity index (χ0) is 9.84. The van der Waals surface area contributed by atoms with E-state index in [2.05, 4.69) is 32.0 Å². The molecule has 0 aromatic heterocycles. The zero-order valence-electron chi connectivity index (χ0n) is 8.37. The Morgan fingerprint density at radius 1 is 1.38 bits per heavy atom. The standard InChI is InChI=1S/C11H16OS/c1-8-4-5-11(9(2)6-8)13-7-10(3)12/h4-6,10,12H,7H2,1-3H3. The third kappa shape index (κ3) is 3.41. The molecule has 0 spiro atoms. The van der Waals surface area contributed by atoms with E-state index in [0.29, 0.717) is 0 Å². The highest BCUT2D eigenvalue weighted by molar-refractivity contribution is 7.99. The van der Waals surface area contributed by atoms with Gasteiger partial charge in [-0.15, -0.1) is 11.8 Å². The first kappa shape index (κ1) is 10.6. The van der Waals surface area contributed by atoms with E-state index >= 15 is 0 Å². The van der Waals surface area contributed by atoms with E-state index in [0.717, 1.165) is 5.75 Å². The molecule has 0 aliphatic heterocycles. The van der Waals surface area contributed by atoms with Gasteiger partial charge in [0.25, 0.3) is 0 Å². The Bertz CT molecular complexity index is 281. The molecule has 72 valence electrons. The molecule has 0 amide bonds. The van der Waals surface area contributed by atoms with Crippen LogP contribution in [-0.2, 0) is 0 Å². The molecule has 1 unspecified atom stereocenters. The molecule has 0 bridgehead atoms. The molecule has 0 heterocycles. The Kier molecular flexibility index (Phi) is 3.82. The lowest BCUT2D eigenvalue weighted by atomic mass is 10.2. The number of aliphatic hydroxyl groups is 1. The van der Waals surface area contributed by atoms with Crippen LogP contribution >= 0.6 is 11.8 Å². The third-order valence-corrected chi connectivity index (χ3v) is 3.23. The van der Waals surface area contributed by atoms with Gasteiger partial charge in [0.1, 0.15) is 0 Å². The van der Waals surface area contributed by atoms with Crippen LogP contribution in [0.15, 0.2) is 23.1 Å². The van der Waals surface area contributed by atoms with Gasteiger partial charge in [0.15, 0.2) is 0 Å². The Morgan fingerprint density at radius 3 is 2.62 bits per heavy atom. The van der Waals surface area contributed by atoms with Gasteiger partial charge in [-0.25, -0.2) is 0 Å². The molecule has 13 heavy (non-hydrogen) atoms. The van der Waals surface area contributed by atoms with E-state index in [9.17, 15) is 0 Å². The molecule has 1 rings (SSSR count). The van der Waals surface area contributed by atoms with Crippen LogP contribution < -0.4 is 0 Å². The molecule has 2 heteroatoms. The molecular formula is C11H16OS. The molecule has 1 aromatic rings. The average molecular weight is 196 g/mol. The number of hydrogen-bond acceptors (Lipinski definition) is 2. The fourth-order valence-electron chi connectivity index (χ4n) is 1.17. The van der Waals surface area contributed by atoms with Gasteiger partial charge in [-0.1, -0.05) is 17.7 Å². The summed E-state index contributed by atoms with van der Waals surface area (Å²) in [7, 11) is 0.